The van der Waals surface area contributed by atoms with Crippen molar-refractivity contribution in [3.05, 3.63) is 53.3 Å². The summed E-state index contributed by atoms with van der Waals surface area (Å²) in [7, 11) is 0. The van der Waals surface area contributed by atoms with Crippen LogP contribution in [0.25, 0.3) is 0 Å². The highest BCUT2D eigenvalue weighted by atomic mass is 16.2. The van der Waals surface area contributed by atoms with Gasteiger partial charge in [0.15, 0.2) is 0 Å². The summed E-state index contributed by atoms with van der Waals surface area (Å²) in [5.74, 6) is 0.175. The minimum atomic E-state index is -0.0402. The molecule has 0 saturated carbocycles. The summed E-state index contributed by atoms with van der Waals surface area (Å²) in [6.45, 7) is 8.53. The second-order valence-electron chi connectivity index (χ2n) is 8.70. The summed E-state index contributed by atoms with van der Waals surface area (Å²) in [6.07, 6.45) is 6.01. The van der Waals surface area contributed by atoms with E-state index in [1.807, 2.05) is 41.4 Å². The first-order chi connectivity index (χ1) is 13.9. The van der Waals surface area contributed by atoms with Crippen LogP contribution < -0.4 is 5.32 Å². The Labute approximate surface area is 173 Å². The molecule has 0 aliphatic carbocycles. The molecule has 29 heavy (non-hydrogen) atoms. The van der Waals surface area contributed by atoms with Gasteiger partial charge in [0.1, 0.15) is 0 Å². The summed E-state index contributed by atoms with van der Waals surface area (Å²) in [5, 5.41) is 7.47. The maximum absolute atomic E-state index is 12.6. The van der Waals surface area contributed by atoms with Crippen LogP contribution in [0.2, 0.25) is 0 Å². The van der Waals surface area contributed by atoms with Crippen molar-refractivity contribution in [1.82, 2.24) is 20.0 Å². The normalized spacial score (nSPS) is 13.8. The quantitative estimate of drug-likeness (QED) is 0.728. The van der Waals surface area contributed by atoms with E-state index >= 15 is 0 Å². The number of hydrogen-bond acceptors (Lipinski definition) is 3. The number of aromatic nitrogens is 2. The molecule has 0 radical (unpaired) electrons. The predicted octanol–water partition coefficient (Wildman–Crippen LogP) is 3.51. The molecule has 6 heteroatoms. The largest absolute Gasteiger partial charge is 0.352 e. The second kappa shape index (κ2) is 9.25. The number of benzene rings is 1. The molecule has 2 heterocycles. The van der Waals surface area contributed by atoms with Crippen LogP contribution >= 0.6 is 0 Å². The van der Waals surface area contributed by atoms with Crippen molar-refractivity contribution in [2.45, 2.75) is 65.0 Å². The summed E-state index contributed by atoms with van der Waals surface area (Å²) < 4.78 is 2.09. The van der Waals surface area contributed by atoms with Crippen molar-refractivity contribution in [3.63, 3.8) is 0 Å². The molecule has 0 spiro atoms. The van der Waals surface area contributed by atoms with E-state index in [1.54, 1.807) is 0 Å². The topological polar surface area (TPSA) is 67.2 Å². The van der Waals surface area contributed by atoms with Gasteiger partial charge in [-0.3, -0.25) is 14.3 Å². The minimum Gasteiger partial charge on any atom is -0.352 e. The van der Waals surface area contributed by atoms with Gasteiger partial charge in [0, 0.05) is 49.3 Å². The number of amides is 2. The van der Waals surface area contributed by atoms with E-state index in [0.717, 1.165) is 32.2 Å². The Balaban J connectivity index is 1.35. The Kier molecular flexibility index (Phi) is 6.72. The average Bonchev–Trinajstić information content (AvgIpc) is 3.14. The Morgan fingerprint density at radius 2 is 1.86 bits per heavy atom. The molecule has 2 amide bonds. The van der Waals surface area contributed by atoms with E-state index < -0.39 is 0 Å². The van der Waals surface area contributed by atoms with Crippen LogP contribution in [0.15, 0.2) is 36.5 Å². The first-order valence-electron chi connectivity index (χ1n) is 10.5. The van der Waals surface area contributed by atoms with E-state index in [2.05, 4.69) is 35.9 Å². The Morgan fingerprint density at radius 3 is 2.59 bits per heavy atom. The monoisotopic (exact) mass is 396 g/mol. The molecule has 3 rings (SSSR count). The third-order valence-electron chi connectivity index (χ3n) is 5.31. The van der Waals surface area contributed by atoms with Crippen LogP contribution in [0.4, 0.5) is 0 Å². The van der Waals surface area contributed by atoms with E-state index in [0.29, 0.717) is 25.1 Å². The number of hydrogen-bond donors (Lipinski definition) is 1. The van der Waals surface area contributed by atoms with E-state index in [-0.39, 0.29) is 17.4 Å². The molecule has 0 unspecified atom stereocenters. The van der Waals surface area contributed by atoms with Crippen molar-refractivity contribution in [1.29, 1.82) is 0 Å². The minimum absolute atomic E-state index is 0.0321. The third kappa shape index (κ3) is 5.46. The lowest BCUT2D eigenvalue weighted by Gasteiger charge is -2.30. The number of rotatable bonds is 7. The van der Waals surface area contributed by atoms with Crippen molar-refractivity contribution in [2.75, 3.05) is 13.1 Å². The van der Waals surface area contributed by atoms with Gasteiger partial charge >= 0.3 is 0 Å². The zero-order chi connectivity index (χ0) is 20.9. The van der Waals surface area contributed by atoms with Crippen molar-refractivity contribution in [2.24, 2.45) is 0 Å². The van der Waals surface area contributed by atoms with Gasteiger partial charge in [-0.05, 0) is 45.7 Å². The molecule has 1 aliphatic heterocycles. The van der Waals surface area contributed by atoms with Crippen LogP contribution in [0.1, 0.15) is 68.1 Å². The number of nitrogens with zero attached hydrogens (tertiary/aromatic N) is 3. The Morgan fingerprint density at radius 1 is 1.10 bits per heavy atom. The number of nitrogens with one attached hydrogen (secondary N) is 1. The lowest BCUT2D eigenvalue weighted by molar-refractivity contribution is -0.132. The second-order valence-corrected chi connectivity index (χ2v) is 8.70. The van der Waals surface area contributed by atoms with Crippen LogP contribution in [-0.2, 0) is 23.3 Å². The maximum atomic E-state index is 12.6. The van der Waals surface area contributed by atoms with Crippen LogP contribution in [-0.4, -0.2) is 39.6 Å². The molecule has 2 aromatic rings. The zero-order valence-electron chi connectivity index (χ0n) is 17.8. The first kappa shape index (κ1) is 21.1. The molecule has 0 atom stereocenters. The fourth-order valence-electron chi connectivity index (χ4n) is 3.75. The number of unbranched alkanes of at least 4 members (excludes halogenated alkanes) is 2. The molecule has 156 valence electrons. The molecule has 6 nitrogen and oxygen atoms in total. The van der Waals surface area contributed by atoms with Gasteiger partial charge in [0.25, 0.3) is 5.91 Å². The smallest absolute Gasteiger partial charge is 0.251 e. The van der Waals surface area contributed by atoms with Gasteiger partial charge in [-0.25, -0.2) is 0 Å². The van der Waals surface area contributed by atoms with Crippen molar-refractivity contribution >= 4 is 11.8 Å². The van der Waals surface area contributed by atoms with Crippen molar-refractivity contribution in [3.8, 4) is 0 Å². The van der Waals surface area contributed by atoms with Gasteiger partial charge in [0.2, 0.25) is 5.91 Å². The third-order valence-corrected chi connectivity index (χ3v) is 5.31. The molecule has 1 aromatic heterocycles. The summed E-state index contributed by atoms with van der Waals surface area (Å²) in [5.41, 5.74) is 3.08. The van der Waals surface area contributed by atoms with Crippen molar-refractivity contribution < 1.29 is 9.59 Å². The Hall–Kier alpha value is -2.63. The lowest BCUT2D eigenvalue weighted by atomic mass is 10.0. The highest BCUT2D eigenvalue weighted by molar-refractivity contribution is 5.94. The lowest BCUT2D eigenvalue weighted by Crippen LogP contribution is -2.37. The highest BCUT2D eigenvalue weighted by Gasteiger charge is 2.27. The Bertz CT molecular complexity index is 836. The molecule has 1 aromatic carbocycles. The van der Waals surface area contributed by atoms with Gasteiger partial charge in [0.05, 0.1) is 11.7 Å². The SMILES string of the molecule is CC(C)(C)n1ncc2c1CCN(C(=O)CCCCCNC(=O)c1ccccc1)C2. The standard InChI is InChI=1S/C23H32N4O2/c1-23(2,3)27-20-13-15-26(17-19(20)16-25-27)21(28)12-8-5-9-14-24-22(29)18-10-6-4-7-11-18/h4,6-7,10-11,16H,5,8-9,12-15,17H2,1-3H3,(H,24,29). The molecule has 1 aliphatic rings. The van der Waals surface area contributed by atoms with E-state index in [1.165, 1.54) is 11.3 Å². The molecule has 0 bridgehead atoms. The summed E-state index contributed by atoms with van der Waals surface area (Å²) in [4.78, 5) is 26.5. The van der Waals surface area contributed by atoms with Crippen LogP contribution in [0.3, 0.4) is 0 Å². The van der Waals surface area contributed by atoms with Gasteiger partial charge in [-0.15, -0.1) is 0 Å². The number of fused-ring (bicyclic) bond motifs is 1. The van der Waals surface area contributed by atoms with Gasteiger partial charge in [-0.2, -0.15) is 5.10 Å². The number of carbonyl (C=O) groups is 2. The maximum Gasteiger partial charge on any atom is 0.251 e. The molecular weight excluding hydrogens is 364 g/mol. The van der Waals surface area contributed by atoms with Gasteiger partial charge in [-0.1, -0.05) is 24.6 Å². The van der Waals surface area contributed by atoms with Crippen LogP contribution in [0, 0.1) is 0 Å². The van der Waals surface area contributed by atoms with E-state index in [4.69, 9.17) is 0 Å². The number of carbonyl (C=O) groups excluding carboxylic acids is 2. The fourth-order valence-corrected chi connectivity index (χ4v) is 3.75. The average molecular weight is 397 g/mol. The summed E-state index contributed by atoms with van der Waals surface area (Å²) >= 11 is 0. The summed E-state index contributed by atoms with van der Waals surface area (Å²) in [6, 6.07) is 9.23. The highest BCUT2D eigenvalue weighted by Crippen LogP contribution is 2.24. The van der Waals surface area contributed by atoms with Gasteiger partial charge < -0.3 is 10.2 Å². The predicted molar refractivity (Wildman–Crippen MR) is 114 cm³/mol. The first-order valence-corrected chi connectivity index (χ1v) is 10.5. The molecule has 0 fully saturated rings. The molecule has 1 N–H and O–H groups in total. The zero-order valence-corrected chi connectivity index (χ0v) is 17.8. The molecule has 0 saturated heterocycles. The van der Waals surface area contributed by atoms with Crippen LogP contribution in [0.5, 0.6) is 0 Å². The fraction of sp³-hybridized carbons (Fsp3) is 0.522. The molecular formula is C23H32N4O2. The van der Waals surface area contributed by atoms with E-state index in [9.17, 15) is 9.59 Å².